The first-order chi connectivity index (χ1) is 17.7. The molecule has 0 saturated carbocycles. The maximum atomic E-state index is 13.0. The van der Waals surface area contributed by atoms with Gasteiger partial charge >= 0.3 is 0 Å². The number of nitrogens with zero attached hydrogens (tertiary/aromatic N) is 2. The van der Waals surface area contributed by atoms with Crippen molar-refractivity contribution in [1.29, 1.82) is 0 Å². The lowest BCUT2D eigenvalue weighted by atomic mass is 9.76. The van der Waals surface area contributed by atoms with E-state index in [4.69, 9.17) is 33.0 Å². The summed E-state index contributed by atoms with van der Waals surface area (Å²) in [6.07, 6.45) is 0.435. The topological polar surface area (TPSA) is 105 Å². The Morgan fingerprint density at radius 3 is 2.59 bits per heavy atom. The molecular formula is C25H22B3N3O6. The summed E-state index contributed by atoms with van der Waals surface area (Å²) in [7, 11) is 18.9. The van der Waals surface area contributed by atoms with Gasteiger partial charge in [-0.3, -0.25) is 24.5 Å². The second-order valence-corrected chi connectivity index (χ2v) is 9.27. The number of carbonyl (C=O) groups excluding carboxylic acids is 4. The number of rotatable bonds is 6. The molecule has 6 radical (unpaired) electrons. The Morgan fingerprint density at radius 2 is 1.89 bits per heavy atom. The summed E-state index contributed by atoms with van der Waals surface area (Å²) >= 11 is 0. The van der Waals surface area contributed by atoms with Crippen molar-refractivity contribution in [3.05, 3.63) is 52.6 Å². The fourth-order valence-corrected chi connectivity index (χ4v) is 4.87. The highest BCUT2D eigenvalue weighted by Crippen LogP contribution is 2.35. The summed E-state index contributed by atoms with van der Waals surface area (Å²) in [6, 6.07) is 6.68. The van der Waals surface area contributed by atoms with Gasteiger partial charge in [-0.25, -0.2) is 0 Å². The minimum absolute atomic E-state index is 0.0292. The van der Waals surface area contributed by atoms with Crippen LogP contribution >= 0.6 is 0 Å². The number of hydrogen-bond acceptors (Lipinski definition) is 6. The van der Waals surface area contributed by atoms with Crippen molar-refractivity contribution in [1.82, 2.24) is 15.1 Å². The maximum Gasteiger partial charge on any atom is 0.255 e. The highest BCUT2D eigenvalue weighted by molar-refractivity contribution is 6.40. The third kappa shape index (κ3) is 4.90. The van der Waals surface area contributed by atoms with Crippen molar-refractivity contribution in [3.63, 3.8) is 0 Å². The Balaban J connectivity index is 1.33. The molecule has 0 aromatic heterocycles. The van der Waals surface area contributed by atoms with Gasteiger partial charge in [-0.15, -0.1) is 0 Å². The highest BCUT2D eigenvalue weighted by Gasteiger charge is 2.40. The number of hydrogen-bond donors (Lipinski definition) is 1. The lowest BCUT2D eigenvalue weighted by Crippen LogP contribution is -2.52. The number of piperidine rings is 1. The SMILES string of the molecule is [B]c1cc(C([B])Oc2cccc3c2CN(C2CCC(=O)NC2=O)C3=O)cc([B])c1CN1CCOCC1=O. The van der Waals surface area contributed by atoms with Crippen molar-refractivity contribution in [2.24, 2.45) is 0 Å². The number of nitrogens with one attached hydrogen (secondary N) is 1. The van der Waals surface area contributed by atoms with Crippen molar-refractivity contribution < 1.29 is 28.7 Å². The van der Waals surface area contributed by atoms with E-state index < -0.39 is 18.0 Å². The number of benzene rings is 2. The van der Waals surface area contributed by atoms with Crippen LogP contribution in [0, 0.1) is 0 Å². The molecule has 2 unspecified atom stereocenters. The lowest BCUT2D eigenvalue weighted by molar-refractivity contribution is -0.143. The van der Waals surface area contributed by atoms with Gasteiger partial charge < -0.3 is 19.3 Å². The van der Waals surface area contributed by atoms with Gasteiger partial charge in [0.25, 0.3) is 5.91 Å². The molecule has 3 aliphatic rings. The number of morpholine rings is 1. The Hall–Kier alpha value is -3.53. The zero-order chi connectivity index (χ0) is 26.3. The quantitative estimate of drug-likeness (QED) is 0.394. The van der Waals surface area contributed by atoms with Gasteiger partial charge in [0, 0.05) is 30.6 Å². The van der Waals surface area contributed by atoms with Crippen LogP contribution < -0.4 is 21.0 Å². The smallest absolute Gasteiger partial charge is 0.255 e. The van der Waals surface area contributed by atoms with E-state index in [1.165, 1.54) is 4.90 Å². The van der Waals surface area contributed by atoms with E-state index in [0.717, 1.165) is 0 Å². The average molecular weight is 493 g/mol. The summed E-state index contributed by atoms with van der Waals surface area (Å²) in [5.41, 5.74) is 2.93. The molecule has 5 rings (SSSR count). The molecule has 2 aromatic rings. The van der Waals surface area contributed by atoms with Gasteiger partial charge in [0.1, 0.15) is 41.9 Å². The third-order valence-electron chi connectivity index (χ3n) is 6.90. The fraction of sp³-hybridized carbons (Fsp3) is 0.360. The molecule has 2 aromatic carbocycles. The van der Waals surface area contributed by atoms with Gasteiger partial charge in [0.2, 0.25) is 17.7 Å². The molecule has 2 fully saturated rings. The predicted octanol–water partition coefficient (Wildman–Crippen LogP) is -1.36. The molecule has 182 valence electrons. The second-order valence-electron chi connectivity index (χ2n) is 9.27. The summed E-state index contributed by atoms with van der Waals surface area (Å²) in [4.78, 5) is 52.1. The number of imide groups is 1. The lowest BCUT2D eigenvalue weighted by Gasteiger charge is -2.29. The summed E-state index contributed by atoms with van der Waals surface area (Å²) in [5, 5.41) is 2.29. The molecule has 3 aliphatic heterocycles. The van der Waals surface area contributed by atoms with Crippen molar-refractivity contribution >= 4 is 58.1 Å². The van der Waals surface area contributed by atoms with E-state index in [2.05, 4.69) is 5.32 Å². The van der Waals surface area contributed by atoms with E-state index in [1.807, 2.05) is 0 Å². The second kappa shape index (κ2) is 10.1. The van der Waals surface area contributed by atoms with Crippen LogP contribution in [0.15, 0.2) is 30.3 Å². The van der Waals surface area contributed by atoms with Gasteiger partial charge in [-0.1, -0.05) is 29.1 Å². The Kier molecular flexibility index (Phi) is 6.85. The molecule has 3 heterocycles. The van der Waals surface area contributed by atoms with Gasteiger partial charge in [0.15, 0.2) is 0 Å². The van der Waals surface area contributed by atoms with Gasteiger partial charge in [-0.2, -0.15) is 0 Å². The van der Waals surface area contributed by atoms with Crippen molar-refractivity contribution in [3.8, 4) is 5.75 Å². The first-order valence-corrected chi connectivity index (χ1v) is 11.9. The van der Waals surface area contributed by atoms with Crippen LogP contribution in [0.1, 0.15) is 45.9 Å². The first-order valence-electron chi connectivity index (χ1n) is 11.9. The minimum Gasteiger partial charge on any atom is -0.496 e. The van der Waals surface area contributed by atoms with E-state index in [-0.39, 0.29) is 50.3 Å². The number of ether oxygens (including phenoxy) is 2. The highest BCUT2D eigenvalue weighted by atomic mass is 16.5. The van der Waals surface area contributed by atoms with Gasteiger partial charge in [-0.05, 0) is 29.7 Å². The predicted molar refractivity (Wildman–Crippen MR) is 135 cm³/mol. The molecule has 1 N–H and O–H groups in total. The number of fused-ring (bicyclic) bond motifs is 1. The molecule has 9 nitrogen and oxygen atoms in total. The first kappa shape index (κ1) is 25.1. The molecule has 0 bridgehead atoms. The molecule has 4 amide bonds. The largest absolute Gasteiger partial charge is 0.496 e. The van der Waals surface area contributed by atoms with E-state index in [9.17, 15) is 19.2 Å². The molecule has 0 spiro atoms. The third-order valence-corrected chi connectivity index (χ3v) is 6.90. The summed E-state index contributed by atoms with van der Waals surface area (Å²) < 4.78 is 11.2. The van der Waals surface area contributed by atoms with Crippen LogP contribution in [0.4, 0.5) is 0 Å². The van der Waals surface area contributed by atoms with E-state index >= 15 is 0 Å². The molecule has 2 atom stereocenters. The van der Waals surface area contributed by atoms with Crippen LogP contribution in [-0.4, -0.2) is 82.8 Å². The van der Waals surface area contributed by atoms with Gasteiger partial charge in [0.05, 0.1) is 19.2 Å². The Bertz CT molecular complexity index is 1280. The number of amides is 4. The standard InChI is InChI=1S/C25H22B3N3O6/c26-17-8-13(9-18(27)16(17)10-30-6-7-36-12-22(30)33)23(28)37-20-3-1-2-14-15(20)11-31(25(14)35)19-4-5-21(32)29-24(19)34/h1-3,8-9,19,23H,4-7,10-12H2,(H,29,32,34). The maximum absolute atomic E-state index is 13.0. The van der Waals surface area contributed by atoms with Crippen molar-refractivity contribution in [2.45, 2.75) is 38.0 Å². The van der Waals surface area contributed by atoms with Crippen LogP contribution in [0.2, 0.25) is 0 Å². The van der Waals surface area contributed by atoms with E-state index in [0.29, 0.717) is 52.1 Å². The Labute approximate surface area is 218 Å². The molecule has 2 saturated heterocycles. The molecule has 0 aliphatic carbocycles. The zero-order valence-electron chi connectivity index (χ0n) is 20.1. The average Bonchev–Trinajstić information content (AvgIpc) is 3.19. The van der Waals surface area contributed by atoms with Crippen LogP contribution in [-0.2, 0) is 32.2 Å². The van der Waals surface area contributed by atoms with Crippen LogP contribution in [0.5, 0.6) is 5.75 Å². The summed E-state index contributed by atoms with van der Waals surface area (Å²) in [6.45, 7) is 1.35. The van der Waals surface area contributed by atoms with Crippen LogP contribution in [0.3, 0.4) is 0 Å². The van der Waals surface area contributed by atoms with Crippen molar-refractivity contribution in [2.75, 3.05) is 19.8 Å². The normalized spacial score (nSPS) is 20.6. The fourth-order valence-electron chi connectivity index (χ4n) is 4.87. The Morgan fingerprint density at radius 1 is 1.14 bits per heavy atom. The zero-order valence-corrected chi connectivity index (χ0v) is 20.1. The molecule has 12 heteroatoms. The van der Waals surface area contributed by atoms with Crippen LogP contribution in [0.25, 0.3) is 0 Å². The minimum atomic E-state index is -0.949. The molecule has 37 heavy (non-hydrogen) atoms. The number of carbonyl (C=O) groups is 4. The summed E-state index contributed by atoms with van der Waals surface area (Å²) in [5.74, 6) is -0.872. The molecular weight excluding hydrogens is 471 g/mol. The van der Waals surface area contributed by atoms with E-state index in [1.54, 1.807) is 35.2 Å². The monoisotopic (exact) mass is 493 g/mol.